The highest BCUT2D eigenvalue weighted by Gasteiger charge is 2.22. The Morgan fingerprint density at radius 2 is 1.93 bits per heavy atom. The monoisotopic (exact) mass is 430 g/mol. The van der Waals surface area contributed by atoms with Gasteiger partial charge >= 0.3 is 0 Å². The molecule has 1 unspecified atom stereocenters. The van der Waals surface area contributed by atoms with Gasteiger partial charge in [0.1, 0.15) is 6.04 Å². The maximum Gasteiger partial charge on any atom is 0.270 e. The molecule has 2 aromatic rings. The van der Waals surface area contributed by atoms with Crippen LogP contribution in [-0.4, -0.2) is 40.7 Å². The van der Waals surface area contributed by atoms with Gasteiger partial charge in [-0.3, -0.25) is 24.5 Å². The number of amides is 3. The van der Waals surface area contributed by atoms with Crippen molar-refractivity contribution >= 4 is 40.9 Å². The highest BCUT2D eigenvalue weighted by molar-refractivity contribution is 7.98. The van der Waals surface area contributed by atoms with E-state index in [0.717, 1.165) is 6.07 Å². The van der Waals surface area contributed by atoms with Crippen molar-refractivity contribution in [2.24, 2.45) is 5.73 Å². The first-order chi connectivity index (χ1) is 14.2. The number of primary amides is 1. The van der Waals surface area contributed by atoms with Crippen molar-refractivity contribution in [3.05, 3.63) is 69.3 Å². The van der Waals surface area contributed by atoms with Crippen molar-refractivity contribution in [1.82, 2.24) is 5.32 Å². The number of nitro benzene ring substituents is 1. The number of thioether (sulfide) groups is 1. The fourth-order valence-corrected chi connectivity index (χ4v) is 3.23. The van der Waals surface area contributed by atoms with Crippen LogP contribution in [0.1, 0.15) is 32.7 Å². The first-order valence-electron chi connectivity index (χ1n) is 8.98. The molecule has 0 aliphatic heterocycles. The Hall–Kier alpha value is -3.40. The molecule has 0 radical (unpaired) electrons. The molecule has 10 heteroatoms. The lowest BCUT2D eigenvalue weighted by molar-refractivity contribution is -0.384. The van der Waals surface area contributed by atoms with Gasteiger partial charge in [-0.15, -0.1) is 0 Å². The number of carbonyl (C=O) groups is 3. The minimum absolute atomic E-state index is 0.0906. The van der Waals surface area contributed by atoms with E-state index in [1.807, 2.05) is 6.26 Å². The summed E-state index contributed by atoms with van der Waals surface area (Å²) in [5.41, 5.74) is 6.60. The van der Waals surface area contributed by atoms with E-state index in [0.29, 0.717) is 29.0 Å². The number of nitrogens with two attached hydrogens (primary N) is 1. The third kappa shape index (κ3) is 6.05. The molecule has 0 aliphatic carbocycles. The Balaban J connectivity index is 2.16. The molecule has 3 amide bonds. The number of hydrogen-bond donors (Lipinski definition) is 3. The second kappa shape index (κ2) is 10.4. The molecule has 9 nitrogen and oxygen atoms in total. The van der Waals surface area contributed by atoms with Crippen LogP contribution in [0.2, 0.25) is 0 Å². The number of carbonyl (C=O) groups excluding carboxylic acids is 3. The number of aryl methyl sites for hydroxylation is 1. The minimum Gasteiger partial charge on any atom is -0.366 e. The van der Waals surface area contributed by atoms with Gasteiger partial charge in [0.05, 0.1) is 4.92 Å². The van der Waals surface area contributed by atoms with E-state index < -0.39 is 28.7 Å². The van der Waals surface area contributed by atoms with Crippen molar-refractivity contribution in [2.45, 2.75) is 19.4 Å². The molecule has 2 rings (SSSR count). The third-order valence-electron chi connectivity index (χ3n) is 4.31. The number of non-ortho nitro benzene ring substituents is 1. The lowest BCUT2D eigenvalue weighted by Gasteiger charge is -2.18. The summed E-state index contributed by atoms with van der Waals surface area (Å²) >= 11 is 1.52. The van der Waals surface area contributed by atoms with E-state index in [2.05, 4.69) is 10.6 Å². The van der Waals surface area contributed by atoms with Gasteiger partial charge in [0.15, 0.2) is 0 Å². The highest BCUT2D eigenvalue weighted by atomic mass is 32.2. The first kappa shape index (κ1) is 22.9. The quantitative estimate of drug-likeness (QED) is 0.412. The van der Waals surface area contributed by atoms with Crippen LogP contribution in [0.25, 0.3) is 0 Å². The fourth-order valence-electron chi connectivity index (χ4n) is 2.75. The molecule has 0 fully saturated rings. The average molecular weight is 430 g/mol. The van der Waals surface area contributed by atoms with Crippen LogP contribution in [0, 0.1) is 17.0 Å². The Bertz CT molecular complexity index is 979. The van der Waals surface area contributed by atoms with E-state index in [4.69, 9.17) is 5.73 Å². The Labute approximate surface area is 177 Å². The van der Waals surface area contributed by atoms with Gasteiger partial charge in [0.2, 0.25) is 11.8 Å². The van der Waals surface area contributed by atoms with Crippen LogP contribution in [0.3, 0.4) is 0 Å². The van der Waals surface area contributed by atoms with Gasteiger partial charge in [-0.1, -0.05) is 6.07 Å². The fraction of sp³-hybridized carbons (Fsp3) is 0.250. The van der Waals surface area contributed by atoms with Gasteiger partial charge in [0.25, 0.3) is 11.6 Å². The van der Waals surface area contributed by atoms with E-state index in [1.165, 1.54) is 36.0 Å². The minimum atomic E-state index is -0.847. The third-order valence-corrected chi connectivity index (χ3v) is 4.95. The van der Waals surface area contributed by atoms with Crippen LogP contribution in [0.15, 0.2) is 42.5 Å². The molecule has 0 saturated carbocycles. The molecule has 1 atom stereocenters. The largest absolute Gasteiger partial charge is 0.366 e. The van der Waals surface area contributed by atoms with Gasteiger partial charge in [-0.25, -0.2) is 0 Å². The zero-order valence-corrected chi connectivity index (χ0v) is 17.3. The number of benzene rings is 2. The standard InChI is InChI=1S/C20H22N4O5S/c1-12-10-14(6-7-16(12)18(21)25)22-20(27)17(8-9-30-2)23-19(26)13-4-3-5-15(11-13)24(28)29/h3-7,10-11,17H,8-9H2,1-2H3,(H2,21,25)(H,22,27)(H,23,26). The van der Waals surface area contributed by atoms with Crippen molar-refractivity contribution in [3.63, 3.8) is 0 Å². The Morgan fingerprint density at radius 3 is 2.53 bits per heavy atom. The summed E-state index contributed by atoms with van der Waals surface area (Å²) < 4.78 is 0. The SMILES string of the molecule is CSCCC(NC(=O)c1cccc([N+](=O)[O-])c1)C(=O)Nc1ccc(C(N)=O)c(C)c1. The molecule has 0 aliphatic rings. The predicted octanol–water partition coefficient (Wildman–Crippen LogP) is 2.49. The van der Waals surface area contributed by atoms with Crippen LogP contribution in [0.5, 0.6) is 0 Å². The summed E-state index contributed by atoms with van der Waals surface area (Å²) in [5, 5.41) is 16.3. The van der Waals surface area contributed by atoms with Crippen molar-refractivity contribution in [3.8, 4) is 0 Å². The molecule has 0 spiro atoms. The zero-order chi connectivity index (χ0) is 22.3. The smallest absolute Gasteiger partial charge is 0.270 e. The summed E-state index contributed by atoms with van der Waals surface area (Å²) in [5.74, 6) is -0.964. The maximum atomic E-state index is 12.8. The second-order valence-electron chi connectivity index (χ2n) is 6.50. The molecule has 0 aromatic heterocycles. The molecule has 0 heterocycles. The van der Waals surface area contributed by atoms with E-state index in [1.54, 1.807) is 19.1 Å². The van der Waals surface area contributed by atoms with Gasteiger partial charge < -0.3 is 16.4 Å². The molecule has 2 aromatic carbocycles. The maximum absolute atomic E-state index is 12.8. The second-order valence-corrected chi connectivity index (χ2v) is 7.48. The van der Waals surface area contributed by atoms with Crippen LogP contribution in [0.4, 0.5) is 11.4 Å². The van der Waals surface area contributed by atoms with Crippen molar-refractivity contribution < 1.29 is 19.3 Å². The predicted molar refractivity (Wildman–Crippen MR) is 116 cm³/mol. The average Bonchev–Trinajstić information content (AvgIpc) is 2.70. The van der Waals surface area contributed by atoms with Crippen molar-refractivity contribution in [1.29, 1.82) is 0 Å². The highest BCUT2D eigenvalue weighted by Crippen LogP contribution is 2.17. The van der Waals surface area contributed by atoms with Crippen LogP contribution >= 0.6 is 11.8 Å². The number of nitro groups is 1. The summed E-state index contributed by atoms with van der Waals surface area (Å²) in [7, 11) is 0. The topological polar surface area (TPSA) is 144 Å². The van der Waals surface area contributed by atoms with Gasteiger partial charge in [-0.2, -0.15) is 11.8 Å². The zero-order valence-electron chi connectivity index (χ0n) is 16.5. The molecule has 0 bridgehead atoms. The molecule has 4 N–H and O–H groups in total. The lowest BCUT2D eigenvalue weighted by Crippen LogP contribution is -2.44. The Kier molecular flexibility index (Phi) is 7.93. The summed E-state index contributed by atoms with van der Waals surface area (Å²) in [6.07, 6.45) is 2.25. The van der Waals surface area contributed by atoms with Crippen LogP contribution < -0.4 is 16.4 Å². The summed E-state index contributed by atoms with van der Waals surface area (Å²) in [6.45, 7) is 1.70. The Morgan fingerprint density at radius 1 is 1.20 bits per heavy atom. The molecule has 0 saturated heterocycles. The lowest BCUT2D eigenvalue weighted by atomic mass is 10.1. The number of rotatable bonds is 9. The van der Waals surface area contributed by atoms with E-state index >= 15 is 0 Å². The van der Waals surface area contributed by atoms with Gasteiger partial charge in [-0.05, 0) is 55.2 Å². The van der Waals surface area contributed by atoms with E-state index in [9.17, 15) is 24.5 Å². The summed E-state index contributed by atoms with van der Waals surface area (Å²) in [4.78, 5) is 47.0. The molecule has 158 valence electrons. The molecule has 30 heavy (non-hydrogen) atoms. The number of anilines is 1. The van der Waals surface area contributed by atoms with Gasteiger partial charge in [0, 0.05) is 28.9 Å². The molecular weight excluding hydrogens is 408 g/mol. The number of nitrogens with zero attached hydrogens (tertiary/aromatic N) is 1. The first-order valence-corrected chi connectivity index (χ1v) is 10.4. The summed E-state index contributed by atoms with van der Waals surface area (Å²) in [6, 6.07) is 9.14. The number of hydrogen-bond acceptors (Lipinski definition) is 6. The normalized spacial score (nSPS) is 11.4. The van der Waals surface area contributed by atoms with Crippen LogP contribution in [-0.2, 0) is 4.79 Å². The van der Waals surface area contributed by atoms with Crippen molar-refractivity contribution in [2.75, 3.05) is 17.3 Å². The van der Waals surface area contributed by atoms with E-state index in [-0.39, 0.29) is 11.3 Å². The molecular formula is C20H22N4O5S. The number of nitrogens with one attached hydrogen (secondary N) is 2.